The molecule has 1 atom stereocenters. The van der Waals surface area contributed by atoms with E-state index in [2.05, 4.69) is 5.32 Å². The third kappa shape index (κ3) is 4.22. The Hall–Kier alpha value is -1.23. The Morgan fingerprint density at radius 1 is 1.33 bits per heavy atom. The quantitative estimate of drug-likeness (QED) is 0.874. The Morgan fingerprint density at radius 2 is 2.00 bits per heavy atom. The number of methoxy groups -OCH3 is 1. The van der Waals surface area contributed by atoms with Gasteiger partial charge < -0.3 is 10.1 Å². The molecule has 0 saturated heterocycles. The molecule has 0 fully saturated rings. The van der Waals surface area contributed by atoms with Crippen molar-refractivity contribution in [2.45, 2.75) is 32.5 Å². The fourth-order valence-corrected chi connectivity index (χ4v) is 1.90. The lowest BCUT2D eigenvalue weighted by atomic mass is 10.00. The number of benzene rings is 1. The summed E-state index contributed by atoms with van der Waals surface area (Å²) in [5.41, 5.74) is 1.47. The molecular formula is C13H18F3NO. The lowest BCUT2D eigenvalue weighted by molar-refractivity contribution is -0.140. The molecule has 0 saturated carbocycles. The van der Waals surface area contributed by atoms with Gasteiger partial charge in [0.05, 0.1) is 13.5 Å². The van der Waals surface area contributed by atoms with Gasteiger partial charge in [-0.2, -0.15) is 13.2 Å². The summed E-state index contributed by atoms with van der Waals surface area (Å²) >= 11 is 0. The van der Waals surface area contributed by atoms with Crippen molar-refractivity contribution in [2.75, 3.05) is 13.7 Å². The minimum absolute atomic E-state index is 0.470. The van der Waals surface area contributed by atoms with Crippen molar-refractivity contribution in [2.24, 2.45) is 0 Å². The summed E-state index contributed by atoms with van der Waals surface area (Å²) < 4.78 is 42.8. The predicted molar refractivity (Wildman–Crippen MR) is 64.8 cm³/mol. The first-order valence-corrected chi connectivity index (χ1v) is 5.82. The number of nitrogens with one attached hydrogen (secondary N) is 1. The van der Waals surface area contributed by atoms with Crippen molar-refractivity contribution in [1.29, 1.82) is 0 Å². The molecule has 0 aromatic heterocycles. The lowest BCUT2D eigenvalue weighted by Gasteiger charge is -2.22. The van der Waals surface area contributed by atoms with Crippen molar-refractivity contribution in [3.8, 4) is 5.75 Å². The molecule has 1 rings (SSSR count). The Kier molecular flexibility index (Phi) is 5.02. The second kappa shape index (κ2) is 6.09. The lowest BCUT2D eigenvalue weighted by Crippen LogP contribution is -2.27. The molecule has 2 nitrogen and oxygen atoms in total. The van der Waals surface area contributed by atoms with Crippen LogP contribution in [0.25, 0.3) is 0 Å². The second-order valence-electron chi connectivity index (χ2n) is 4.17. The SMILES string of the molecule is CCNC(CC(F)(F)F)c1cc(C)ccc1OC. The number of ether oxygens (including phenoxy) is 1. The molecule has 0 aliphatic carbocycles. The van der Waals surface area contributed by atoms with Gasteiger partial charge in [-0.1, -0.05) is 24.6 Å². The number of rotatable bonds is 5. The van der Waals surface area contributed by atoms with Crippen LogP contribution in [0.2, 0.25) is 0 Å². The van der Waals surface area contributed by atoms with Crippen LogP contribution in [-0.2, 0) is 0 Å². The third-order valence-corrected chi connectivity index (χ3v) is 2.65. The van der Waals surface area contributed by atoms with E-state index < -0.39 is 18.6 Å². The zero-order valence-electron chi connectivity index (χ0n) is 10.8. The van der Waals surface area contributed by atoms with Crippen LogP contribution in [0.4, 0.5) is 13.2 Å². The first kappa shape index (κ1) is 14.8. The molecule has 102 valence electrons. The molecule has 1 N–H and O–H groups in total. The van der Waals surface area contributed by atoms with Crippen LogP contribution in [0, 0.1) is 6.92 Å². The van der Waals surface area contributed by atoms with Crippen LogP contribution in [0.3, 0.4) is 0 Å². The van der Waals surface area contributed by atoms with E-state index in [1.54, 1.807) is 19.1 Å². The average Bonchev–Trinajstić information content (AvgIpc) is 2.26. The summed E-state index contributed by atoms with van der Waals surface area (Å²) in [4.78, 5) is 0. The van der Waals surface area contributed by atoms with E-state index in [9.17, 15) is 13.2 Å². The Bertz CT molecular complexity index is 390. The molecule has 1 aromatic rings. The molecule has 0 bridgehead atoms. The summed E-state index contributed by atoms with van der Waals surface area (Å²) in [6.07, 6.45) is -5.11. The fraction of sp³-hybridized carbons (Fsp3) is 0.538. The van der Waals surface area contributed by atoms with Gasteiger partial charge in [-0.05, 0) is 19.5 Å². The number of alkyl halides is 3. The van der Waals surface area contributed by atoms with Crippen molar-refractivity contribution in [3.63, 3.8) is 0 Å². The van der Waals surface area contributed by atoms with Gasteiger partial charge in [-0.3, -0.25) is 0 Å². The summed E-state index contributed by atoms with van der Waals surface area (Å²) in [5, 5.41) is 2.86. The van der Waals surface area contributed by atoms with Crippen LogP contribution >= 0.6 is 0 Å². The highest BCUT2D eigenvalue weighted by Crippen LogP contribution is 2.34. The van der Waals surface area contributed by atoms with E-state index in [4.69, 9.17) is 4.74 Å². The molecule has 5 heteroatoms. The highest BCUT2D eigenvalue weighted by Gasteiger charge is 2.33. The molecule has 0 heterocycles. The molecule has 0 spiro atoms. The number of hydrogen-bond donors (Lipinski definition) is 1. The molecule has 1 aromatic carbocycles. The second-order valence-corrected chi connectivity index (χ2v) is 4.17. The smallest absolute Gasteiger partial charge is 0.390 e. The van der Waals surface area contributed by atoms with Crippen LogP contribution in [-0.4, -0.2) is 19.8 Å². The van der Waals surface area contributed by atoms with E-state index in [0.29, 0.717) is 17.9 Å². The highest BCUT2D eigenvalue weighted by molar-refractivity contribution is 5.39. The Balaban J connectivity index is 3.07. The van der Waals surface area contributed by atoms with Gasteiger partial charge in [0.2, 0.25) is 0 Å². The van der Waals surface area contributed by atoms with Crippen molar-refractivity contribution < 1.29 is 17.9 Å². The van der Waals surface area contributed by atoms with Gasteiger partial charge in [0.25, 0.3) is 0 Å². The van der Waals surface area contributed by atoms with E-state index in [-0.39, 0.29) is 0 Å². The molecule has 0 aliphatic rings. The summed E-state index contributed by atoms with van der Waals surface area (Å²) in [5.74, 6) is 0.482. The molecule has 0 radical (unpaired) electrons. The zero-order chi connectivity index (χ0) is 13.8. The van der Waals surface area contributed by atoms with E-state index in [1.807, 2.05) is 13.0 Å². The van der Waals surface area contributed by atoms with Crippen molar-refractivity contribution in [3.05, 3.63) is 29.3 Å². The minimum atomic E-state index is -4.21. The van der Waals surface area contributed by atoms with Crippen LogP contribution < -0.4 is 10.1 Å². The van der Waals surface area contributed by atoms with E-state index >= 15 is 0 Å². The van der Waals surface area contributed by atoms with Gasteiger partial charge >= 0.3 is 6.18 Å². The van der Waals surface area contributed by atoms with Crippen LogP contribution in [0.15, 0.2) is 18.2 Å². The standard InChI is InChI=1S/C13H18F3NO/c1-4-17-11(8-13(14,15)16)10-7-9(2)5-6-12(10)18-3/h5-7,11,17H,4,8H2,1-3H3. The fourth-order valence-electron chi connectivity index (χ4n) is 1.90. The van der Waals surface area contributed by atoms with Gasteiger partial charge in [0.15, 0.2) is 0 Å². The molecule has 18 heavy (non-hydrogen) atoms. The summed E-state index contributed by atoms with van der Waals surface area (Å²) in [7, 11) is 1.46. The van der Waals surface area contributed by atoms with Gasteiger partial charge in [0, 0.05) is 11.6 Å². The van der Waals surface area contributed by atoms with Gasteiger partial charge in [-0.25, -0.2) is 0 Å². The maximum Gasteiger partial charge on any atom is 0.390 e. The normalized spacial score (nSPS) is 13.4. The van der Waals surface area contributed by atoms with E-state index in [0.717, 1.165) is 5.56 Å². The van der Waals surface area contributed by atoms with Crippen molar-refractivity contribution >= 4 is 0 Å². The van der Waals surface area contributed by atoms with Crippen LogP contribution in [0.5, 0.6) is 5.75 Å². The zero-order valence-corrected chi connectivity index (χ0v) is 10.8. The summed E-state index contributed by atoms with van der Waals surface area (Å²) in [6.45, 7) is 4.10. The van der Waals surface area contributed by atoms with Crippen molar-refractivity contribution in [1.82, 2.24) is 5.32 Å². The van der Waals surface area contributed by atoms with E-state index in [1.165, 1.54) is 7.11 Å². The average molecular weight is 261 g/mol. The molecular weight excluding hydrogens is 243 g/mol. The first-order chi connectivity index (χ1) is 8.37. The molecule has 0 amide bonds. The molecule has 1 unspecified atom stereocenters. The molecule has 0 aliphatic heterocycles. The van der Waals surface area contributed by atoms with Gasteiger partial charge in [-0.15, -0.1) is 0 Å². The summed E-state index contributed by atoms with van der Waals surface area (Å²) in [6, 6.07) is 4.48. The Labute approximate surface area is 105 Å². The maximum atomic E-state index is 12.6. The minimum Gasteiger partial charge on any atom is -0.496 e. The monoisotopic (exact) mass is 261 g/mol. The first-order valence-electron chi connectivity index (χ1n) is 5.82. The Morgan fingerprint density at radius 3 is 2.50 bits per heavy atom. The number of aryl methyl sites for hydroxylation is 1. The predicted octanol–water partition coefficient (Wildman–Crippen LogP) is 3.61. The van der Waals surface area contributed by atoms with Gasteiger partial charge in [0.1, 0.15) is 5.75 Å². The largest absolute Gasteiger partial charge is 0.496 e. The highest BCUT2D eigenvalue weighted by atomic mass is 19.4. The maximum absolute atomic E-state index is 12.6. The number of halogens is 3. The third-order valence-electron chi connectivity index (χ3n) is 2.65. The topological polar surface area (TPSA) is 21.3 Å². The van der Waals surface area contributed by atoms with Crippen LogP contribution in [0.1, 0.15) is 30.5 Å². The number of hydrogen-bond acceptors (Lipinski definition) is 2.